The second-order valence-electron chi connectivity index (χ2n) is 5.57. The van der Waals surface area contributed by atoms with E-state index < -0.39 is 0 Å². The molecule has 2 N–H and O–H groups in total. The van der Waals surface area contributed by atoms with E-state index in [0.29, 0.717) is 11.4 Å². The van der Waals surface area contributed by atoms with Gasteiger partial charge < -0.3 is 10.6 Å². The fourth-order valence-corrected chi connectivity index (χ4v) is 3.05. The molecule has 6 heteroatoms. The second-order valence-corrected chi connectivity index (χ2v) is 6.33. The third kappa shape index (κ3) is 3.73. The average molecular weight is 282 g/mol. The van der Waals surface area contributed by atoms with E-state index in [1.165, 1.54) is 18.0 Å². The van der Waals surface area contributed by atoms with Crippen LogP contribution in [0, 0.1) is 5.41 Å². The Bertz CT molecular complexity index is 426. The molecule has 106 valence electrons. The molecule has 1 aromatic heterocycles. The SMILES string of the molecule is CCCc1nnsc1C(=O)NCC1(C)CCCNC1. The molecule has 5 nitrogen and oxygen atoms in total. The lowest BCUT2D eigenvalue weighted by molar-refractivity contribution is 0.0927. The lowest BCUT2D eigenvalue weighted by Gasteiger charge is -2.34. The van der Waals surface area contributed by atoms with Crippen LogP contribution in [0.25, 0.3) is 0 Å². The highest BCUT2D eigenvalue weighted by molar-refractivity contribution is 7.08. The Hall–Kier alpha value is -1.01. The fourth-order valence-electron chi connectivity index (χ4n) is 2.43. The molecule has 1 unspecified atom stereocenters. The van der Waals surface area contributed by atoms with Gasteiger partial charge in [0.05, 0.1) is 5.69 Å². The third-order valence-electron chi connectivity index (χ3n) is 3.61. The Morgan fingerprint density at radius 2 is 2.42 bits per heavy atom. The van der Waals surface area contributed by atoms with Gasteiger partial charge in [-0.15, -0.1) is 5.10 Å². The van der Waals surface area contributed by atoms with Crippen molar-refractivity contribution in [3.05, 3.63) is 10.6 Å². The predicted molar refractivity (Wildman–Crippen MR) is 76.4 cm³/mol. The minimum absolute atomic E-state index is 0.0229. The van der Waals surface area contributed by atoms with Crippen molar-refractivity contribution < 1.29 is 4.79 Å². The van der Waals surface area contributed by atoms with Gasteiger partial charge in [0.2, 0.25) is 0 Å². The zero-order chi connectivity index (χ0) is 13.7. The first-order valence-electron chi connectivity index (χ1n) is 6.95. The summed E-state index contributed by atoms with van der Waals surface area (Å²) in [5, 5.41) is 10.5. The van der Waals surface area contributed by atoms with Crippen molar-refractivity contribution >= 4 is 17.4 Å². The lowest BCUT2D eigenvalue weighted by atomic mass is 9.83. The van der Waals surface area contributed by atoms with Gasteiger partial charge in [0.25, 0.3) is 5.91 Å². The van der Waals surface area contributed by atoms with Gasteiger partial charge in [0.15, 0.2) is 0 Å². The molecule has 0 saturated carbocycles. The average Bonchev–Trinajstić information content (AvgIpc) is 2.86. The van der Waals surface area contributed by atoms with Crippen molar-refractivity contribution in [2.24, 2.45) is 5.41 Å². The minimum atomic E-state index is -0.0229. The zero-order valence-electron chi connectivity index (χ0n) is 11.7. The Morgan fingerprint density at radius 1 is 1.58 bits per heavy atom. The molecule has 0 aliphatic carbocycles. The first-order valence-corrected chi connectivity index (χ1v) is 7.72. The number of aromatic nitrogens is 2. The van der Waals surface area contributed by atoms with Crippen molar-refractivity contribution in [2.75, 3.05) is 19.6 Å². The Kier molecular flexibility index (Phi) is 4.87. The summed E-state index contributed by atoms with van der Waals surface area (Å²) < 4.78 is 3.89. The van der Waals surface area contributed by atoms with Gasteiger partial charge in [-0.05, 0) is 42.8 Å². The second kappa shape index (κ2) is 6.43. The molecule has 0 bridgehead atoms. The van der Waals surface area contributed by atoms with E-state index in [-0.39, 0.29) is 11.3 Å². The molecule has 2 heterocycles. The summed E-state index contributed by atoms with van der Waals surface area (Å²) in [7, 11) is 0. The number of aryl methyl sites for hydroxylation is 1. The highest BCUT2D eigenvalue weighted by atomic mass is 32.1. The van der Waals surface area contributed by atoms with Gasteiger partial charge in [-0.3, -0.25) is 4.79 Å². The normalized spacial score (nSPS) is 23.3. The topological polar surface area (TPSA) is 66.9 Å². The lowest BCUT2D eigenvalue weighted by Crippen LogP contribution is -2.45. The molecule has 1 aliphatic rings. The van der Waals surface area contributed by atoms with Crippen LogP contribution in [0.3, 0.4) is 0 Å². The van der Waals surface area contributed by atoms with Gasteiger partial charge >= 0.3 is 0 Å². The number of carbonyl (C=O) groups excluding carboxylic acids is 1. The van der Waals surface area contributed by atoms with Crippen molar-refractivity contribution in [1.82, 2.24) is 20.2 Å². The summed E-state index contributed by atoms with van der Waals surface area (Å²) in [6, 6.07) is 0. The number of piperidine rings is 1. The molecule has 1 atom stereocenters. The van der Waals surface area contributed by atoms with Crippen molar-refractivity contribution in [1.29, 1.82) is 0 Å². The van der Waals surface area contributed by atoms with E-state index >= 15 is 0 Å². The summed E-state index contributed by atoms with van der Waals surface area (Å²) in [5.74, 6) is -0.0229. The van der Waals surface area contributed by atoms with Crippen LogP contribution in [0.5, 0.6) is 0 Å². The van der Waals surface area contributed by atoms with Crippen molar-refractivity contribution in [2.45, 2.75) is 39.5 Å². The van der Waals surface area contributed by atoms with E-state index in [1.807, 2.05) is 0 Å². The van der Waals surface area contributed by atoms with Crippen molar-refractivity contribution in [3.63, 3.8) is 0 Å². The van der Waals surface area contributed by atoms with Gasteiger partial charge in [-0.2, -0.15) is 0 Å². The number of hydrogen-bond acceptors (Lipinski definition) is 5. The molecule has 0 radical (unpaired) electrons. The molecule has 0 spiro atoms. The number of rotatable bonds is 5. The summed E-state index contributed by atoms with van der Waals surface area (Å²) in [4.78, 5) is 12.9. The molecule has 1 fully saturated rings. The van der Waals surface area contributed by atoms with Crippen LogP contribution in [0.2, 0.25) is 0 Å². The molecule has 1 amide bonds. The molecule has 19 heavy (non-hydrogen) atoms. The standard InChI is InChI=1S/C13H22N4OS/c1-3-5-10-11(19-17-16-10)12(18)15-9-13(2)6-4-7-14-8-13/h14H,3-9H2,1-2H3,(H,15,18). The smallest absolute Gasteiger partial charge is 0.264 e. The largest absolute Gasteiger partial charge is 0.351 e. The molecule has 1 aromatic rings. The van der Waals surface area contributed by atoms with Crippen LogP contribution in [0.4, 0.5) is 0 Å². The summed E-state index contributed by atoms with van der Waals surface area (Å²) in [5.41, 5.74) is 0.994. The van der Waals surface area contributed by atoms with E-state index in [1.54, 1.807) is 0 Å². The van der Waals surface area contributed by atoms with Crippen LogP contribution in [-0.4, -0.2) is 35.1 Å². The van der Waals surface area contributed by atoms with Crippen LogP contribution < -0.4 is 10.6 Å². The number of hydrogen-bond donors (Lipinski definition) is 2. The van der Waals surface area contributed by atoms with Gasteiger partial charge in [0, 0.05) is 13.1 Å². The number of amides is 1. The van der Waals surface area contributed by atoms with E-state index in [9.17, 15) is 4.79 Å². The molecule has 1 aliphatic heterocycles. The first-order chi connectivity index (χ1) is 9.14. The van der Waals surface area contributed by atoms with Crippen LogP contribution in [-0.2, 0) is 6.42 Å². The Balaban J connectivity index is 1.91. The third-order valence-corrected chi connectivity index (χ3v) is 4.38. The van der Waals surface area contributed by atoms with Gasteiger partial charge in [-0.25, -0.2) is 0 Å². The van der Waals surface area contributed by atoms with Gasteiger partial charge in [-0.1, -0.05) is 24.8 Å². The predicted octanol–water partition coefficient (Wildman–Crippen LogP) is 1.61. The maximum absolute atomic E-state index is 12.2. The quantitative estimate of drug-likeness (QED) is 0.861. The maximum atomic E-state index is 12.2. The maximum Gasteiger partial charge on any atom is 0.264 e. The fraction of sp³-hybridized carbons (Fsp3) is 0.769. The zero-order valence-corrected chi connectivity index (χ0v) is 12.5. The Labute approximate surface area is 118 Å². The van der Waals surface area contributed by atoms with E-state index in [0.717, 1.165) is 38.0 Å². The highest BCUT2D eigenvalue weighted by Gasteiger charge is 2.27. The molecule has 1 saturated heterocycles. The summed E-state index contributed by atoms with van der Waals surface area (Å²) in [6.07, 6.45) is 4.13. The monoisotopic (exact) mass is 282 g/mol. The van der Waals surface area contributed by atoms with Gasteiger partial charge in [0.1, 0.15) is 4.88 Å². The van der Waals surface area contributed by atoms with Crippen molar-refractivity contribution in [3.8, 4) is 0 Å². The number of carbonyl (C=O) groups is 1. The molecular formula is C13H22N4OS. The van der Waals surface area contributed by atoms with Crippen LogP contribution >= 0.6 is 11.5 Å². The van der Waals surface area contributed by atoms with E-state index in [4.69, 9.17) is 0 Å². The van der Waals surface area contributed by atoms with Crippen LogP contribution in [0.15, 0.2) is 0 Å². The highest BCUT2D eigenvalue weighted by Crippen LogP contribution is 2.24. The Morgan fingerprint density at radius 3 is 3.11 bits per heavy atom. The van der Waals surface area contributed by atoms with E-state index in [2.05, 4.69) is 34.1 Å². The minimum Gasteiger partial charge on any atom is -0.351 e. The molecular weight excluding hydrogens is 260 g/mol. The first kappa shape index (κ1) is 14.4. The molecule has 0 aromatic carbocycles. The molecule has 2 rings (SSSR count). The number of nitrogens with zero attached hydrogens (tertiary/aromatic N) is 2. The summed E-state index contributed by atoms with van der Waals surface area (Å²) >= 11 is 1.19. The number of nitrogens with one attached hydrogen (secondary N) is 2. The van der Waals surface area contributed by atoms with Crippen LogP contribution in [0.1, 0.15) is 48.5 Å². The summed E-state index contributed by atoms with van der Waals surface area (Å²) in [6.45, 7) is 7.06.